The summed E-state index contributed by atoms with van der Waals surface area (Å²) in [5, 5.41) is 10.5. The van der Waals surface area contributed by atoms with Crippen LogP contribution in [0.4, 0.5) is 4.39 Å². The van der Waals surface area contributed by atoms with Crippen LogP contribution in [0.1, 0.15) is 17.5 Å². The van der Waals surface area contributed by atoms with Crippen molar-refractivity contribution in [3.05, 3.63) is 113 Å². The third-order valence-corrected chi connectivity index (χ3v) is 6.63. The maximum atomic E-state index is 13.1. The second-order valence-corrected chi connectivity index (χ2v) is 8.88. The second kappa shape index (κ2) is 11.0. The molecule has 168 valence electrons. The molecule has 0 radical (unpaired) electrons. The largest absolute Gasteiger partial charge is 0.478 e. The van der Waals surface area contributed by atoms with Crippen LogP contribution in [0.2, 0.25) is 0 Å². The van der Waals surface area contributed by atoms with Gasteiger partial charge in [0.25, 0.3) is 0 Å². The Bertz CT molecular complexity index is 1160. The van der Waals surface area contributed by atoms with Crippen molar-refractivity contribution in [1.82, 2.24) is 9.88 Å². The average Bonchev–Trinajstić information content (AvgIpc) is 2.84. The molecule has 0 spiro atoms. The minimum absolute atomic E-state index is 0.235. The third kappa shape index (κ3) is 6.11. The van der Waals surface area contributed by atoms with Crippen molar-refractivity contribution in [1.29, 1.82) is 0 Å². The molecule has 1 aliphatic rings. The fraction of sp³-hybridized carbons (Fsp3) is 0.185. The van der Waals surface area contributed by atoms with Crippen molar-refractivity contribution < 1.29 is 14.3 Å². The van der Waals surface area contributed by atoms with E-state index in [0.29, 0.717) is 18.7 Å². The first-order valence-corrected chi connectivity index (χ1v) is 11.9. The Labute approximate surface area is 197 Å². The lowest BCUT2D eigenvalue weighted by Gasteiger charge is -2.30. The third-order valence-electron chi connectivity index (χ3n) is 5.38. The summed E-state index contributed by atoms with van der Waals surface area (Å²) >= 11 is 1.57. The number of carboxylic acids is 1. The standard InChI is InChI=1S/C27H25FN2O2S/c28-23-13-11-20(12-14-23)7-5-17-33-26-24(27(31)32)9-4-16-30(26)19-21-6-3-8-22(18-21)25-10-1-2-15-29-25/h1-4,6,8-15,18H,5,7,16-17,19H2,(H,31,32). The minimum Gasteiger partial charge on any atom is -0.478 e. The summed E-state index contributed by atoms with van der Waals surface area (Å²) < 4.78 is 13.1. The summed E-state index contributed by atoms with van der Waals surface area (Å²) in [5.41, 5.74) is 4.46. The predicted molar refractivity (Wildman–Crippen MR) is 131 cm³/mol. The zero-order valence-corrected chi connectivity index (χ0v) is 19.0. The first kappa shape index (κ1) is 22.8. The van der Waals surface area contributed by atoms with Gasteiger partial charge in [-0.1, -0.05) is 42.5 Å². The number of carbonyl (C=O) groups is 1. The number of rotatable bonds is 9. The maximum absolute atomic E-state index is 13.1. The molecule has 2 aromatic carbocycles. The van der Waals surface area contributed by atoms with E-state index in [-0.39, 0.29) is 5.82 Å². The van der Waals surface area contributed by atoms with Gasteiger partial charge in [-0.3, -0.25) is 4.98 Å². The molecule has 0 unspecified atom stereocenters. The molecule has 0 saturated carbocycles. The normalized spacial score (nSPS) is 13.4. The Kier molecular flexibility index (Phi) is 7.58. The van der Waals surface area contributed by atoms with Crippen LogP contribution in [0.25, 0.3) is 11.3 Å². The lowest BCUT2D eigenvalue weighted by molar-refractivity contribution is -0.132. The van der Waals surface area contributed by atoms with E-state index in [1.807, 2.05) is 36.4 Å². The van der Waals surface area contributed by atoms with E-state index in [1.165, 1.54) is 12.1 Å². The topological polar surface area (TPSA) is 53.4 Å². The number of hydrogen-bond acceptors (Lipinski definition) is 4. The molecule has 33 heavy (non-hydrogen) atoms. The SMILES string of the molecule is O=C(O)C1=C(SCCCc2ccc(F)cc2)N(Cc2cccc(-c3ccccn3)c2)CC=C1. The highest BCUT2D eigenvalue weighted by Crippen LogP contribution is 2.31. The van der Waals surface area contributed by atoms with Crippen molar-refractivity contribution in [3.63, 3.8) is 0 Å². The van der Waals surface area contributed by atoms with Gasteiger partial charge in [0.05, 0.1) is 16.3 Å². The highest BCUT2D eigenvalue weighted by atomic mass is 32.2. The van der Waals surface area contributed by atoms with Gasteiger partial charge in [-0.15, -0.1) is 11.8 Å². The number of aliphatic carboxylic acids is 1. The van der Waals surface area contributed by atoms with E-state index in [0.717, 1.165) is 46.0 Å². The summed E-state index contributed by atoms with van der Waals surface area (Å²) in [4.78, 5) is 18.4. The highest BCUT2D eigenvalue weighted by molar-refractivity contribution is 8.03. The monoisotopic (exact) mass is 460 g/mol. The van der Waals surface area contributed by atoms with Gasteiger partial charge in [-0.2, -0.15) is 0 Å². The Morgan fingerprint density at radius 3 is 2.67 bits per heavy atom. The fourth-order valence-electron chi connectivity index (χ4n) is 3.77. The van der Waals surface area contributed by atoms with E-state index in [9.17, 15) is 14.3 Å². The number of benzene rings is 2. The first-order chi connectivity index (χ1) is 16.1. The van der Waals surface area contributed by atoms with Crippen LogP contribution < -0.4 is 0 Å². The summed E-state index contributed by atoms with van der Waals surface area (Å²) in [6.45, 7) is 1.27. The van der Waals surface area contributed by atoms with E-state index in [4.69, 9.17) is 0 Å². The van der Waals surface area contributed by atoms with Crippen LogP contribution in [0, 0.1) is 5.82 Å². The molecular formula is C27H25FN2O2S. The maximum Gasteiger partial charge on any atom is 0.338 e. The van der Waals surface area contributed by atoms with E-state index in [1.54, 1.807) is 36.2 Å². The van der Waals surface area contributed by atoms with E-state index in [2.05, 4.69) is 22.0 Å². The van der Waals surface area contributed by atoms with Crippen molar-refractivity contribution in [2.75, 3.05) is 12.3 Å². The van der Waals surface area contributed by atoms with Gasteiger partial charge in [0, 0.05) is 24.8 Å². The number of nitrogens with zero attached hydrogens (tertiary/aromatic N) is 2. The molecule has 0 amide bonds. The highest BCUT2D eigenvalue weighted by Gasteiger charge is 2.22. The summed E-state index contributed by atoms with van der Waals surface area (Å²) in [5.74, 6) is -0.373. The number of carboxylic acid groups (broad SMARTS) is 1. The van der Waals surface area contributed by atoms with Crippen LogP contribution in [0.5, 0.6) is 0 Å². The van der Waals surface area contributed by atoms with Gasteiger partial charge >= 0.3 is 5.97 Å². The molecule has 4 rings (SSSR count). The van der Waals surface area contributed by atoms with E-state index < -0.39 is 5.97 Å². The molecular weight excluding hydrogens is 435 g/mol. The van der Waals surface area contributed by atoms with Crippen molar-refractivity contribution in [2.45, 2.75) is 19.4 Å². The van der Waals surface area contributed by atoms with Crippen LogP contribution in [-0.2, 0) is 17.8 Å². The number of halogens is 1. The Morgan fingerprint density at radius 2 is 1.91 bits per heavy atom. The Balaban J connectivity index is 1.46. The van der Waals surface area contributed by atoms with Gasteiger partial charge in [-0.05, 0) is 66.1 Å². The molecule has 0 fully saturated rings. The molecule has 0 atom stereocenters. The van der Waals surface area contributed by atoms with Gasteiger partial charge in [0.1, 0.15) is 5.82 Å². The molecule has 4 nitrogen and oxygen atoms in total. The molecule has 0 saturated heterocycles. The first-order valence-electron chi connectivity index (χ1n) is 10.9. The number of pyridine rings is 1. The average molecular weight is 461 g/mol. The van der Waals surface area contributed by atoms with Crippen molar-refractivity contribution in [2.24, 2.45) is 0 Å². The number of aryl methyl sites for hydroxylation is 1. The second-order valence-electron chi connectivity index (χ2n) is 7.80. The van der Waals surface area contributed by atoms with Crippen LogP contribution in [0.3, 0.4) is 0 Å². The predicted octanol–water partition coefficient (Wildman–Crippen LogP) is 5.92. The van der Waals surface area contributed by atoms with Crippen LogP contribution in [-0.4, -0.2) is 33.3 Å². The lowest BCUT2D eigenvalue weighted by atomic mass is 10.1. The van der Waals surface area contributed by atoms with Crippen LogP contribution >= 0.6 is 11.8 Å². The van der Waals surface area contributed by atoms with Gasteiger partial charge in [-0.25, -0.2) is 9.18 Å². The number of thioether (sulfide) groups is 1. The van der Waals surface area contributed by atoms with Gasteiger partial charge in [0.15, 0.2) is 0 Å². The molecule has 3 aromatic rings. The van der Waals surface area contributed by atoms with Crippen molar-refractivity contribution >= 4 is 17.7 Å². The van der Waals surface area contributed by atoms with Crippen LogP contribution in [0.15, 0.2) is 95.7 Å². The Morgan fingerprint density at radius 1 is 1.06 bits per heavy atom. The molecule has 2 heterocycles. The lowest BCUT2D eigenvalue weighted by Crippen LogP contribution is -2.27. The zero-order chi connectivity index (χ0) is 23.0. The fourth-order valence-corrected chi connectivity index (χ4v) is 4.88. The zero-order valence-electron chi connectivity index (χ0n) is 18.2. The number of aromatic nitrogens is 1. The smallest absolute Gasteiger partial charge is 0.338 e. The molecule has 0 aliphatic carbocycles. The molecule has 6 heteroatoms. The summed E-state index contributed by atoms with van der Waals surface area (Å²) in [6.07, 6.45) is 7.07. The minimum atomic E-state index is -0.917. The number of hydrogen-bond donors (Lipinski definition) is 1. The molecule has 1 N–H and O–H groups in total. The molecule has 1 aromatic heterocycles. The summed E-state index contributed by atoms with van der Waals surface area (Å²) in [6, 6.07) is 20.6. The van der Waals surface area contributed by atoms with Crippen molar-refractivity contribution in [3.8, 4) is 11.3 Å². The molecule has 0 bridgehead atoms. The van der Waals surface area contributed by atoms with Gasteiger partial charge in [0.2, 0.25) is 0 Å². The Hall–Kier alpha value is -3.38. The quantitative estimate of drug-likeness (QED) is 0.402. The van der Waals surface area contributed by atoms with Gasteiger partial charge < -0.3 is 10.0 Å². The summed E-state index contributed by atoms with van der Waals surface area (Å²) in [7, 11) is 0. The molecule has 1 aliphatic heterocycles. The van der Waals surface area contributed by atoms with E-state index >= 15 is 0 Å².